The van der Waals surface area contributed by atoms with E-state index in [1.807, 2.05) is 66.7 Å². The highest BCUT2D eigenvalue weighted by Crippen LogP contribution is 2.19. The molecule has 0 radical (unpaired) electrons. The van der Waals surface area contributed by atoms with Gasteiger partial charge in [-0.05, 0) is 35.4 Å². The molecule has 0 saturated heterocycles. The Labute approximate surface area is 187 Å². The van der Waals surface area contributed by atoms with Crippen molar-refractivity contribution in [1.29, 1.82) is 0 Å². The van der Waals surface area contributed by atoms with Crippen molar-refractivity contribution in [1.82, 2.24) is 4.90 Å². The van der Waals surface area contributed by atoms with Gasteiger partial charge < -0.3 is 14.7 Å². The van der Waals surface area contributed by atoms with Crippen LogP contribution in [0.4, 0.5) is 4.39 Å². The molecule has 0 unspecified atom stereocenters. The lowest BCUT2D eigenvalue weighted by Crippen LogP contribution is -2.39. The highest BCUT2D eigenvalue weighted by Gasteiger charge is 2.26. The fourth-order valence-electron chi connectivity index (χ4n) is 3.77. The lowest BCUT2D eigenvalue weighted by molar-refractivity contribution is 0.0213. The van der Waals surface area contributed by atoms with Gasteiger partial charge in [-0.15, -0.1) is 0 Å². The van der Waals surface area contributed by atoms with Crippen molar-refractivity contribution in [2.45, 2.75) is 25.2 Å². The monoisotopic (exact) mass is 434 g/mol. The van der Waals surface area contributed by atoms with E-state index in [0.717, 1.165) is 16.8 Å². The van der Waals surface area contributed by atoms with Crippen LogP contribution >= 0.6 is 0 Å². The molecule has 1 heterocycles. The molecule has 5 nitrogen and oxygen atoms in total. The van der Waals surface area contributed by atoms with Crippen molar-refractivity contribution in [2.24, 2.45) is 5.16 Å². The molecular weight excluding hydrogens is 407 g/mol. The van der Waals surface area contributed by atoms with Crippen LogP contribution in [0.25, 0.3) is 0 Å². The third-order valence-corrected chi connectivity index (χ3v) is 5.25. The van der Waals surface area contributed by atoms with Crippen LogP contribution < -0.4 is 4.74 Å². The molecule has 6 heteroatoms. The Morgan fingerprint density at radius 1 is 1.03 bits per heavy atom. The summed E-state index contributed by atoms with van der Waals surface area (Å²) in [6.07, 6.45) is -0.166. The second-order valence-electron chi connectivity index (χ2n) is 7.94. The van der Waals surface area contributed by atoms with E-state index in [4.69, 9.17) is 9.57 Å². The summed E-state index contributed by atoms with van der Waals surface area (Å²) in [5.41, 5.74) is 2.79. The third kappa shape index (κ3) is 6.39. The highest BCUT2D eigenvalue weighted by atomic mass is 19.1. The van der Waals surface area contributed by atoms with Gasteiger partial charge in [-0.1, -0.05) is 65.8 Å². The van der Waals surface area contributed by atoms with Crippen LogP contribution in [0.1, 0.15) is 17.5 Å². The lowest BCUT2D eigenvalue weighted by Gasteiger charge is -2.27. The van der Waals surface area contributed by atoms with Gasteiger partial charge in [0.1, 0.15) is 30.4 Å². The average molecular weight is 435 g/mol. The van der Waals surface area contributed by atoms with Crippen LogP contribution in [0.3, 0.4) is 0 Å². The van der Waals surface area contributed by atoms with E-state index in [1.54, 1.807) is 6.07 Å². The van der Waals surface area contributed by atoms with Gasteiger partial charge in [0.25, 0.3) is 0 Å². The van der Waals surface area contributed by atoms with E-state index in [9.17, 15) is 9.50 Å². The highest BCUT2D eigenvalue weighted by molar-refractivity contribution is 6.01. The van der Waals surface area contributed by atoms with Gasteiger partial charge in [0.15, 0.2) is 0 Å². The largest absolute Gasteiger partial charge is 0.491 e. The Morgan fingerprint density at radius 2 is 1.78 bits per heavy atom. The predicted octanol–water partition coefficient (Wildman–Crippen LogP) is 4.26. The lowest BCUT2D eigenvalue weighted by atomic mass is 10.0. The third-order valence-electron chi connectivity index (χ3n) is 5.25. The fourth-order valence-corrected chi connectivity index (χ4v) is 3.77. The van der Waals surface area contributed by atoms with Crippen LogP contribution in [0, 0.1) is 5.82 Å². The number of nitrogens with zero attached hydrogens (tertiary/aromatic N) is 2. The minimum Gasteiger partial charge on any atom is -0.491 e. The zero-order valence-corrected chi connectivity index (χ0v) is 17.8. The van der Waals surface area contributed by atoms with Crippen LogP contribution in [0.5, 0.6) is 5.75 Å². The minimum atomic E-state index is -0.709. The summed E-state index contributed by atoms with van der Waals surface area (Å²) >= 11 is 0. The first-order valence-corrected chi connectivity index (χ1v) is 10.8. The molecule has 3 aromatic rings. The van der Waals surface area contributed by atoms with Crippen molar-refractivity contribution in [2.75, 3.05) is 19.7 Å². The average Bonchev–Trinajstić information content (AvgIpc) is 3.27. The molecule has 0 aliphatic carbocycles. The minimum absolute atomic E-state index is 0.138. The number of oxime groups is 1. The van der Waals surface area contributed by atoms with Crippen molar-refractivity contribution in [3.05, 3.63) is 102 Å². The Morgan fingerprint density at radius 3 is 2.53 bits per heavy atom. The molecule has 0 aromatic heterocycles. The zero-order valence-electron chi connectivity index (χ0n) is 17.8. The molecule has 32 heavy (non-hydrogen) atoms. The maximum Gasteiger partial charge on any atom is 0.145 e. The van der Waals surface area contributed by atoms with E-state index in [1.165, 1.54) is 12.1 Å². The second-order valence-corrected chi connectivity index (χ2v) is 7.94. The summed E-state index contributed by atoms with van der Waals surface area (Å²) in [6.45, 7) is 1.57. The molecule has 0 bridgehead atoms. The Bertz CT molecular complexity index is 1010. The molecule has 0 fully saturated rings. The number of hydrogen-bond donors (Lipinski definition) is 1. The first kappa shape index (κ1) is 22.0. The first-order chi connectivity index (χ1) is 15.7. The number of aliphatic hydroxyl groups is 1. The summed E-state index contributed by atoms with van der Waals surface area (Å²) in [5.74, 6) is 0.436. The van der Waals surface area contributed by atoms with E-state index in [0.29, 0.717) is 31.8 Å². The molecule has 0 saturated carbocycles. The van der Waals surface area contributed by atoms with Gasteiger partial charge in [0, 0.05) is 26.1 Å². The fraction of sp³-hybridized carbons (Fsp3) is 0.269. The Balaban J connectivity index is 1.37. The Kier molecular flexibility index (Phi) is 7.48. The van der Waals surface area contributed by atoms with E-state index >= 15 is 0 Å². The molecular formula is C26H27FN2O3. The Hall–Kier alpha value is -3.22. The predicted molar refractivity (Wildman–Crippen MR) is 122 cm³/mol. The zero-order chi connectivity index (χ0) is 22.2. The van der Waals surface area contributed by atoms with Gasteiger partial charge in [-0.3, -0.25) is 4.90 Å². The maximum absolute atomic E-state index is 13.7. The molecule has 166 valence electrons. The van der Waals surface area contributed by atoms with Crippen LogP contribution in [0.15, 0.2) is 90.1 Å². The van der Waals surface area contributed by atoms with Crippen LogP contribution in [0.2, 0.25) is 0 Å². The summed E-state index contributed by atoms with van der Waals surface area (Å²) in [5, 5.41) is 14.9. The molecule has 4 rings (SSSR count). The number of halogens is 1. The SMILES string of the molecule is O[C@@H](COc1ccccc1)CN(Cc1cccc(F)c1)C[C@@H]1CC(c2ccccc2)=NO1. The first-order valence-electron chi connectivity index (χ1n) is 10.8. The van der Waals surface area contributed by atoms with Gasteiger partial charge in [0.2, 0.25) is 0 Å². The van der Waals surface area contributed by atoms with Gasteiger partial charge in [-0.25, -0.2) is 4.39 Å². The number of ether oxygens (including phenoxy) is 1. The topological polar surface area (TPSA) is 54.3 Å². The molecule has 1 aliphatic rings. The summed E-state index contributed by atoms with van der Waals surface area (Å²) in [7, 11) is 0. The number of aliphatic hydroxyl groups excluding tert-OH is 1. The summed E-state index contributed by atoms with van der Waals surface area (Å²) in [6, 6.07) is 25.9. The molecule has 1 N–H and O–H groups in total. The standard InChI is InChI=1S/C26H27FN2O3/c27-22-11-7-8-20(14-22)16-29(17-23(30)19-31-24-12-5-2-6-13-24)18-25-15-26(28-32-25)21-9-3-1-4-10-21/h1-14,23,25,30H,15-19H2/t23-,25+/m1/s1. The van der Waals surface area contributed by atoms with Crippen molar-refractivity contribution in [3.63, 3.8) is 0 Å². The van der Waals surface area contributed by atoms with Crippen LogP contribution in [-0.2, 0) is 11.4 Å². The summed E-state index contributed by atoms with van der Waals surface area (Å²) < 4.78 is 19.4. The van der Waals surface area contributed by atoms with E-state index < -0.39 is 6.10 Å². The molecule has 3 aromatic carbocycles. The quantitative estimate of drug-likeness (QED) is 0.518. The normalized spacial score (nSPS) is 16.5. The summed E-state index contributed by atoms with van der Waals surface area (Å²) in [4.78, 5) is 7.74. The number of rotatable bonds is 10. The number of benzene rings is 3. The molecule has 0 spiro atoms. The van der Waals surface area contributed by atoms with Crippen molar-refractivity contribution in [3.8, 4) is 5.75 Å². The van der Waals surface area contributed by atoms with Gasteiger partial charge in [0.05, 0.1) is 5.71 Å². The van der Waals surface area contributed by atoms with E-state index in [2.05, 4.69) is 10.1 Å². The van der Waals surface area contributed by atoms with Crippen molar-refractivity contribution < 1.29 is 19.1 Å². The smallest absolute Gasteiger partial charge is 0.145 e. The molecule has 0 amide bonds. The van der Waals surface area contributed by atoms with Gasteiger partial charge >= 0.3 is 0 Å². The van der Waals surface area contributed by atoms with Crippen molar-refractivity contribution >= 4 is 5.71 Å². The van der Waals surface area contributed by atoms with Crippen LogP contribution in [-0.4, -0.2) is 47.6 Å². The second kappa shape index (κ2) is 10.9. The van der Waals surface area contributed by atoms with E-state index in [-0.39, 0.29) is 18.5 Å². The number of para-hydroxylation sites is 1. The molecule has 1 aliphatic heterocycles. The van der Waals surface area contributed by atoms with Gasteiger partial charge in [-0.2, -0.15) is 0 Å². The number of hydrogen-bond acceptors (Lipinski definition) is 5. The maximum atomic E-state index is 13.7. The molecule has 2 atom stereocenters.